The van der Waals surface area contributed by atoms with Gasteiger partial charge < -0.3 is 19.8 Å². The summed E-state index contributed by atoms with van der Waals surface area (Å²) in [5.74, 6) is -1.49. The third-order valence-corrected chi connectivity index (χ3v) is 4.82. The number of benzene rings is 2. The fourth-order valence-electron chi connectivity index (χ4n) is 3.36. The fourth-order valence-corrected chi connectivity index (χ4v) is 3.36. The Morgan fingerprint density at radius 2 is 1.71 bits per heavy atom. The number of aryl methyl sites for hydroxylation is 1. The summed E-state index contributed by atoms with van der Waals surface area (Å²) in [4.78, 5) is 26.9. The van der Waals surface area contributed by atoms with Crippen molar-refractivity contribution < 1.29 is 24.5 Å². The molecule has 0 unspecified atom stereocenters. The number of amides is 1. The van der Waals surface area contributed by atoms with Crippen molar-refractivity contribution in [1.82, 2.24) is 4.90 Å². The zero-order valence-corrected chi connectivity index (χ0v) is 15.9. The molecule has 0 saturated carbocycles. The summed E-state index contributed by atoms with van der Waals surface area (Å²) >= 11 is 0. The number of likely N-dealkylation sites (tertiary alicyclic amines) is 1. The van der Waals surface area contributed by atoms with E-state index in [0.29, 0.717) is 30.7 Å². The van der Waals surface area contributed by atoms with Crippen LogP contribution in [0.15, 0.2) is 54.1 Å². The molecule has 1 aliphatic rings. The summed E-state index contributed by atoms with van der Waals surface area (Å²) < 4.78 is 5.06. The SMILES string of the molecule is COCCCN1C(=O)C(=O)/C(=C(/O)c2ccc(C)cc2)[C@@H]1c1ccc(O)cc1. The number of aromatic hydroxyl groups is 1. The summed E-state index contributed by atoms with van der Waals surface area (Å²) in [6, 6.07) is 12.7. The van der Waals surface area contributed by atoms with Gasteiger partial charge in [-0.2, -0.15) is 0 Å². The molecular weight excluding hydrogens is 358 g/mol. The largest absolute Gasteiger partial charge is 0.508 e. The van der Waals surface area contributed by atoms with Crippen LogP contribution in [-0.2, 0) is 14.3 Å². The number of phenols is 1. The van der Waals surface area contributed by atoms with E-state index in [9.17, 15) is 19.8 Å². The van der Waals surface area contributed by atoms with Gasteiger partial charge in [0.15, 0.2) is 0 Å². The number of carbonyl (C=O) groups excluding carboxylic acids is 2. The molecule has 6 heteroatoms. The van der Waals surface area contributed by atoms with Gasteiger partial charge in [-0.05, 0) is 31.0 Å². The zero-order chi connectivity index (χ0) is 20.3. The highest BCUT2D eigenvalue weighted by atomic mass is 16.5. The first-order valence-corrected chi connectivity index (χ1v) is 9.07. The average molecular weight is 381 g/mol. The Morgan fingerprint density at radius 1 is 1.07 bits per heavy atom. The third-order valence-electron chi connectivity index (χ3n) is 4.82. The molecule has 0 aliphatic carbocycles. The molecule has 0 spiro atoms. The van der Waals surface area contributed by atoms with E-state index in [4.69, 9.17) is 4.74 Å². The van der Waals surface area contributed by atoms with Crippen LogP contribution >= 0.6 is 0 Å². The first-order valence-electron chi connectivity index (χ1n) is 9.07. The van der Waals surface area contributed by atoms with Crippen LogP contribution in [-0.4, -0.2) is 47.1 Å². The molecular formula is C22H23NO5. The number of nitrogens with zero attached hydrogens (tertiary/aromatic N) is 1. The van der Waals surface area contributed by atoms with Gasteiger partial charge in [0.1, 0.15) is 11.5 Å². The second-order valence-electron chi connectivity index (χ2n) is 6.80. The maximum absolute atomic E-state index is 12.8. The summed E-state index contributed by atoms with van der Waals surface area (Å²) in [5, 5.41) is 20.5. The van der Waals surface area contributed by atoms with Gasteiger partial charge >= 0.3 is 0 Å². The fraction of sp³-hybridized carbons (Fsp3) is 0.273. The molecule has 6 nitrogen and oxygen atoms in total. The lowest BCUT2D eigenvalue weighted by molar-refractivity contribution is -0.140. The molecule has 1 saturated heterocycles. The first-order chi connectivity index (χ1) is 13.4. The van der Waals surface area contributed by atoms with Crippen LogP contribution in [0.5, 0.6) is 5.75 Å². The van der Waals surface area contributed by atoms with Crippen molar-refractivity contribution in [2.75, 3.05) is 20.3 Å². The molecule has 3 rings (SSSR count). The molecule has 0 radical (unpaired) electrons. The van der Waals surface area contributed by atoms with Crippen molar-refractivity contribution in [3.63, 3.8) is 0 Å². The van der Waals surface area contributed by atoms with Crippen LogP contribution in [0.1, 0.15) is 29.2 Å². The van der Waals surface area contributed by atoms with Crippen molar-refractivity contribution in [2.45, 2.75) is 19.4 Å². The van der Waals surface area contributed by atoms with Crippen molar-refractivity contribution in [1.29, 1.82) is 0 Å². The highest BCUT2D eigenvalue weighted by Gasteiger charge is 2.45. The predicted molar refractivity (Wildman–Crippen MR) is 105 cm³/mol. The zero-order valence-electron chi connectivity index (χ0n) is 15.9. The minimum Gasteiger partial charge on any atom is -0.508 e. The maximum Gasteiger partial charge on any atom is 0.295 e. The Labute approximate surface area is 163 Å². The van der Waals surface area contributed by atoms with E-state index in [2.05, 4.69) is 0 Å². The molecule has 0 bridgehead atoms. The maximum atomic E-state index is 12.8. The summed E-state index contributed by atoms with van der Waals surface area (Å²) in [6.45, 7) is 2.69. The Bertz CT molecular complexity index is 900. The van der Waals surface area contributed by atoms with Crippen molar-refractivity contribution in [2.24, 2.45) is 0 Å². The number of ether oxygens (including phenoxy) is 1. The van der Waals surface area contributed by atoms with Gasteiger partial charge in [-0.25, -0.2) is 0 Å². The van der Waals surface area contributed by atoms with Crippen LogP contribution in [0.4, 0.5) is 0 Å². The molecule has 1 fully saturated rings. The van der Waals surface area contributed by atoms with Crippen LogP contribution < -0.4 is 0 Å². The van der Waals surface area contributed by atoms with Gasteiger partial charge in [0.25, 0.3) is 11.7 Å². The second kappa shape index (κ2) is 8.27. The Kier molecular flexibility index (Phi) is 5.80. The number of phenolic OH excluding ortho intramolecular Hbond substituents is 1. The molecule has 0 aromatic heterocycles. The molecule has 1 heterocycles. The normalized spacial score (nSPS) is 18.6. The van der Waals surface area contributed by atoms with Gasteiger partial charge in [0, 0.05) is 25.8 Å². The quantitative estimate of drug-likeness (QED) is 0.347. The van der Waals surface area contributed by atoms with Crippen LogP contribution in [0.3, 0.4) is 0 Å². The Balaban J connectivity index is 2.10. The molecule has 1 atom stereocenters. The lowest BCUT2D eigenvalue weighted by Crippen LogP contribution is -2.31. The topological polar surface area (TPSA) is 87.1 Å². The number of aliphatic hydroxyl groups excluding tert-OH is 1. The van der Waals surface area contributed by atoms with E-state index in [1.807, 2.05) is 19.1 Å². The lowest BCUT2D eigenvalue weighted by atomic mass is 9.95. The lowest BCUT2D eigenvalue weighted by Gasteiger charge is -2.25. The Morgan fingerprint density at radius 3 is 2.32 bits per heavy atom. The van der Waals surface area contributed by atoms with Crippen LogP contribution in [0.2, 0.25) is 0 Å². The minimum atomic E-state index is -0.723. The molecule has 2 N–H and O–H groups in total. The summed E-state index contributed by atoms with van der Waals surface area (Å²) in [5.41, 5.74) is 2.19. The molecule has 28 heavy (non-hydrogen) atoms. The minimum absolute atomic E-state index is 0.0527. The number of carbonyl (C=O) groups is 2. The number of aliphatic hydroxyl groups is 1. The number of rotatable bonds is 6. The van der Waals surface area contributed by atoms with Gasteiger partial charge in [-0.3, -0.25) is 9.59 Å². The van der Waals surface area contributed by atoms with Crippen molar-refractivity contribution >= 4 is 17.4 Å². The van der Waals surface area contributed by atoms with Gasteiger partial charge in [-0.15, -0.1) is 0 Å². The number of Topliss-reactive ketones (excluding diaryl/α,β-unsaturated/α-hetero) is 1. The van der Waals surface area contributed by atoms with E-state index >= 15 is 0 Å². The van der Waals surface area contributed by atoms with Gasteiger partial charge in [0.2, 0.25) is 0 Å². The molecule has 1 amide bonds. The first kappa shape index (κ1) is 19.6. The van der Waals surface area contributed by atoms with Crippen molar-refractivity contribution in [3.8, 4) is 5.75 Å². The number of hydrogen-bond donors (Lipinski definition) is 2. The van der Waals surface area contributed by atoms with Gasteiger partial charge in [0.05, 0.1) is 11.6 Å². The highest BCUT2D eigenvalue weighted by Crippen LogP contribution is 2.39. The van der Waals surface area contributed by atoms with E-state index < -0.39 is 17.7 Å². The highest BCUT2D eigenvalue weighted by molar-refractivity contribution is 6.46. The smallest absolute Gasteiger partial charge is 0.295 e. The Hall–Kier alpha value is -3.12. The number of hydrogen-bond acceptors (Lipinski definition) is 5. The molecule has 2 aromatic rings. The summed E-state index contributed by atoms with van der Waals surface area (Å²) in [6.07, 6.45) is 0.558. The van der Waals surface area contributed by atoms with Crippen LogP contribution in [0, 0.1) is 6.92 Å². The van der Waals surface area contributed by atoms with E-state index in [1.54, 1.807) is 31.4 Å². The predicted octanol–water partition coefficient (Wildman–Crippen LogP) is 3.16. The number of ketones is 1. The van der Waals surface area contributed by atoms with Gasteiger partial charge in [-0.1, -0.05) is 42.0 Å². The summed E-state index contributed by atoms with van der Waals surface area (Å²) in [7, 11) is 1.57. The van der Waals surface area contributed by atoms with E-state index in [0.717, 1.165) is 5.56 Å². The molecule has 2 aromatic carbocycles. The standard InChI is InChI=1S/C22H23NO5/c1-14-4-6-16(7-5-14)20(25)18-19(15-8-10-17(24)11-9-15)23(12-3-13-28-2)22(27)21(18)26/h4-11,19,24-25H,3,12-13H2,1-2H3/b20-18+/t19-/m0/s1. The van der Waals surface area contributed by atoms with Crippen LogP contribution in [0.25, 0.3) is 5.76 Å². The monoisotopic (exact) mass is 381 g/mol. The number of methoxy groups -OCH3 is 1. The average Bonchev–Trinajstić information content (AvgIpc) is 2.94. The van der Waals surface area contributed by atoms with E-state index in [-0.39, 0.29) is 17.1 Å². The van der Waals surface area contributed by atoms with Crippen molar-refractivity contribution in [3.05, 3.63) is 70.8 Å². The third kappa shape index (κ3) is 3.77. The molecule has 146 valence electrons. The second-order valence-corrected chi connectivity index (χ2v) is 6.80. The molecule has 1 aliphatic heterocycles. The van der Waals surface area contributed by atoms with E-state index in [1.165, 1.54) is 17.0 Å².